The predicted molar refractivity (Wildman–Crippen MR) is 106 cm³/mol. The van der Waals surface area contributed by atoms with Crippen LogP contribution in [0.5, 0.6) is 0 Å². The van der Waals surface area contributed by atoms with Crippen molar-refractivity contribution in [1.29, 1.82) is 0 Å². The fourth-order valence-electron chi connectivity index (χ4n) is 5.69. The molecule has 0 aliphatic heterocycles. The summed E-state index contributed by atoms with van der Waals surface area (Å²) in [5.74, 6) is 1.77. The maximum absolute atomic E-state index is 13.1. The Morgan fingerprint density at radius 3 is 1.50 bits per heavy atom. The fourth-order valence-corrected chi connectivity index (χ4v) is 5.69. The molecule has 28 heavy (non-hydrogen) atoms. The molecule has 0 aromatic heterocycles. The van der Waals surface area contributed by atoms with E-state index in [9.17, 15) is 17.6 Å². The summed E-state index contributed by atoms with van der Waals surface area (Å²) in [6, 6.07) is 0. The molecule has 0 amide bonds. The summed E-state index contributed by atoms with van der Waals surface area (Å²) in [5.41, 5.74) is 0. The second kappa shape index (κ2) is 9.80. The van der Waals surface area contributed by atoms with Crippen LogP contribution < -0.4 is 0 Å². The van der Waals surface area contributed by atoms with Crippen LogP contribution in [0.25, 0.3) is 0 Å². The zero-order chi connectivity index (χ0) is 20.1. The van der Waals surface area contributed by atoms with Gasteiger partial charge in [0.15, 0.2) is 5.83 Å². The standard InChI is InChI=1S/C24H36F4/c1-17-2-12-21(13-3-17)22-14-10-19(11-15-22)5-4-18-6-8-20(9-7-18)16-23(25)24(26,27)28/h4-5,16-22H,2-3,6-15H2,1H3/b5-4+,23-16?. The molecule has 0 nitrogen and oxygen atoms in total. The van der Waals surface area contributed by atoms with Crippen molar-refractivity contribution in [2.45, 2.75) is 90.1 Å². The lowest BCUT2D eigenvalue weighted by molar-refractivity contribution is -0.109. The summed E-state index contributed by atoms with van der Waals surface area (Å²) in [7, 11) is 0. The number of hydrogen-bond acceptors (Lipinski definition) is 0. The minimum Gasteiger partial charge on any atom is -0.202 e. The van der Waals surface area contributed by atoms with Crippen molar-refractivity contribution in [2.75, 3.05) is 0 Å². The number of allylic oxidation sites excluding steroid dienone is 4. The van der Waals surface area contributed by atoms with Crippen LogP contribution in [-0.2, 0) is 0 Å². The van der Waals surface area contributed by atoms with E-state index in [1.807, 2.05) is 0 Å². The highest BCUT2D eigenvalue weighted by Crippen LogP contribution is 2.42. The van der Waals surface area contributed by atoms with Crippen LogP contribution in [0.4, 0.5) is 17.6 Å². The monoisotopic (exact) mass is 400 g/mol. The van der Waals surface area contributed by atoms with E-state index in [0.717, 1.165) is 36.7 Å². The van der Waals surface area contributed by atoms with E-state index in [1.165, 1.54) is 51.4 Å². The highest BCUT2D eigenvalue weighted by atomic mass is 19.4. The van der Waals surface area contributed by atoms with Crippen molar-refractivity contribution >= 4 is 0 Å². The molecule has 0 aromatic carbocycles. The second-order valence-corrected chi connectivity index (χ2v) is 9.77. The lowest BCUT2D eigenvalue weighted by Crippen LogP contribution is -2.24. The van der Waals surface area contributed by atoms with Crippen LogP contribution in [0.15, 0.2) is 24.1 Å². The molecule has 0 aromatic rings. The number of alkyl halides is 3. The number of rotatable bonds is 4. The molecule has 0 radical (unpaired) electrons. The summed E-state index contributed by atoms with van der Waals surface area (Å²) >= 11 is 0. The van der Waals surface area contributed by atoms with Crippen LogP contribution in [0.1, 0.15) is 84.0 Å². The first-order chi connectivity index (χ1) is 13.3. The van der Waals surface area contributed by atoms with Crippen molar-refractivity contribution in [2.24, 2.45) is 35.5 Å². The first-order valence-electron chi connectivity index (χ1n) is 11.4. The van der Waals surface area contributed by atoms with E-state index in [4.69, 9.17) is 0 Å². The van der Waals surface area contributed by atoms with E-state index < -0.39 is 12.0 Å². The molecule has 0 N–H and O–H groups in total. The fraction of sp³-hybridized carbons (Fsp3) is 0.833. The predicted octanol–water partition coefficient (Wildman–Crippen LogP) is 8.40. The van der Waals surface area contributed by atoms with Crippen molar-refractivity contribution in [3.05, 3.63) is 24.1 Å². The van der Waals surface area contributed by atoms with E-state index in [-0.39, 0.29) is 5.92 Å². The van der Waals surface area contributed by atoms with Crippen molar-refractivity contribution in [3.8, 4) is 0 Å². The third-order valence-corrected chi connectivity index (χ3v) is 7.67. The Labute approximate surface area is 167 Å². The first-order valence-corrected chi connectivity index (χ1v) is 11.4. The largest absolute Gasteiger partial charge is 0.442 e. The van der Waals surface area contributed by atoms with Crippen molar-refractivity contribution < 1.29 is 17.6 Å². The highest BCUT2D eigenvalue weighted by molar-refractivity contribution is 5.04. The zero-order valence-corrected chi connectivity index (χ0v) is 17.2. The zero-order valence-electron chi connectivity index (χ0n) is 17.2. The second-order valence-electron chi connectivity index (χ2n) is 9.77. The average Bonchev–Trinajstić information content (AvgIpc) is 2.68. The van der Waals surface area contributed by atoms with Gasteiger partial charge in [0, 0.05) is 0 Å². The Kier molecular flexibility index (Phi) is 7.67. The molecule has 3 aliphatic rings. The van der Waals surface area contributed by atoms with Gasteiger partial charge >= 0.3 is 6.18 Å². The smallest absolute Gasteiger partial charge is 0.202 e. The molecule has 4 heteroatoms. The topological polar surface area (TPSA) is 0 Å². The summed E-state index contributed by atoms with van der Waals surface area (Å²) in [5, 5.41) is 0. The summed E-state index contributed by atoms with van der Waals surface area (Å²) in [6.45, 7) is 2.38. The van der Waals surface area contributed by atoms with Gasteiger partial charge in [0.2, 0.25) is 0 Å². The molecule has 3 rings (SSSR count). The van der Waals surface area contributed by atoms with Gasteiger partial charge in [-0.1, -0.05) is 31.9 Å². The third-order valence-electron chi connectivity index (χ3n) is 7.67. The normalized spacial score (nSPS) is 38.7. The van der Waals surface area contributed by atoms with Crippen LogP contribution >= 0.6 is 0 Å². The van der Waals surface area contributed by atoms with Gasteiger partial charge in [-0.2, -0.15) is 13.2 Å². The van der Waals surface area contributed by atoms with Gasteiger partial charge in [0.1, 0.15) is 0 Å². The van der Waals surface area contributed by atoms with E-state index in [2.05, 4.69) is 19.1 Å². The molecule has 3 saturated carbocycles. The van der Waals surface area contributed by atoms with Crippen LogP contribution in [0, 0.1) is 35.5 Å². The van der Waals surface area contributed by atoms with Gasteiger partial charge in [-0.15, -0.1) is 0 Å². The number of halogens is 4. The van der Waals surface area contributed by atoms with Crippen LogP contribution in [-0.4, -0.2) is 6.18 Å². The SMILES string of the molecule is CC1CCC(C2CCC(/C=C/C3CCC(C=C(F)C(F)(F)F)CC3)CC2)CC1. The van der Waals surface area contributed by atoms with E-state index >= 15 is 0 Å². The molecule has 160 valence electrons. The molecular weight excluding hydrogens is 364 g/mol. The Morgan fingerprint density at radius 2 is 1.04 bits per heavy atom. The Bertz CT molecular complexity index is 523. The van der Waals surface area contributed by atoms with Gasteiger partial charge in [0.25, 0.3) is 0 Å². The van der Waals surface area contributed by atoms with Crippen LogP contribution in [0.2, 0.25) is 0 Å². The maximum Gasteiger partial charge on any atom is 0.442 e. The quantitative estimate of drug-likeness (QED) is 0.328. The molecule has 3 fully saturated rings. The highest BCUT2D eigenvalue weighted by Gasteiger charge is 2.35. The Morgan fingerprint density at radius 1 is 0.643 bits per heavy atom. The molecule has 0 unspecified atom stereocenters. The van der Waals surface area contributed by atoms with Gasteiger partial charge in [-0.05, 0) is 106 Å². The van der Waals surface area contributed by atoms with E-state index in [0.29, 0.717) is 24.7 Å². The van der Waals surface area contributed by atoms with Gasteiger partial charge < -0.3 is 0 Å². The minimum absolute atomic E-state index is 0.264. The Balaban J connectivity index is 1.37. The summed E-state index contributed by atoms with van der Waals surface area (Å²) in [6.07, 6.45) is 14.7. The first kappa shape index (κ1) is 21.9. The van der Waals surface area contributed by atoms with Gasteiger partial charge in [-0.25, -0.2) is 4.39 Å². The molecular formula is C24H36F4. The van der Waals surface area contributed by atoms with E-state index in [1.54, 1.807) is 0 Å². The number of hydrogen-bond donors (Lipinski definition) is 0. The molecule has 0 heterocycles. The summed E-state index contributed by atoms with van der Waals surface area (Å²) in [4.78, 5) is 0. The molecule has 0 spiro atoms. The molecule has 0 bridgehead atoms. The maximum atomic E-state index is 13.1. The lowest BCUT2D eigenvalue weighted by Gasteiger charge is -2.36. The third kappa shape index (κ3) is 6.35. The van der Waals surface area contributed by atoms with Crippen molar-refractivity contribution in [1.82, 2.24) is 0 Å². The minimum atomic E-state index is -4.83. The van der Waals surface area contributed by atoms with Crippen molar-refractivity contribution in [3.63, 3.8) is 0 Å². The lowest BCUT2D eigenvalue weighted by atomic mass is 9.69. The molecule has 0 saturated heterocycles. The average molecular weight is 401 g/mol. The Hall–Kier alpha value is -0.800. The van der Waals surface area contributed by atoms with Crippen LogP contribution in [0.3, 0.4) is 0 Å². The van der Waals surface area contributed by atoms with Gasteiger partial charge in [0.05, 0.1) is 0 Å². The summed E-state index contributed by atoms with van der Waals surface area (Å²) < 4.78 is 50.0. The van der Waals surface area contributed by atoms with Gasteiger partial charge in [-0.3, -0.25) is 0 Å². The molecule has 0 atom stereocenters. The molecule has 3 aliphatic carbocycles.